The topological polar surface area (TPSA) is 67.4 Å². The molecule has 0 radical (unpaired) electrons. The van der Waals surface area contributed by atoms with Crippen LogP contribution in [0.25, 0.3) is 6.08 Å². The zero-order valence-corrected chi connectivity index (χ0v) is 12.7. The summed E-state index contributed by atoms with van der Waals surface area (Å²) < 4.78 is 31.0. The number of benzene rings is 2. The van der Waals surface area contributed by atoms with E-state index >= 15 is 0 Å². The zero-order valence-electron chi connectivity index (χ0n) is 12.7. The fourth-order valence-corrected chi connectivity index (χ4v) is 1.83. The van der Waals surface area contributed by atoms with Gasteiger partial charge in [0.1, 0.15) is 11.6 Å². The number of rotatable bonds is 4. The number of amides is 2. The summed E-state index contributed by atoms with van der Waals surface area (Å²) in [6.07, 6.45) is 1.82. The van der Waals surface area contributed by atoms with E-state index in [1.165, 1.54) is 42.5 Å². The Hall–Kier alpha value is -3.22. The predicted octanol–water partition coefficient (Wildman–Crippen LogP) is 3.80. The van der Waals surface area contributed by atoms with E-state index in [1.54, 1.807) is 6.07 Å². The summed E-state index contributed by atoms with van der Waals surface area (Å²) in [6.45, 7) is 0. The van der Waals surface area contributed by atoms with Crippen molar-refractivity contribution in [2.24, 2.45) is 0 Å². The highest BCUT2D eigenvalue weighted by Gasteiger charge is 2.08. The maximum absolute atomic E-state index is 13.6. The van der Waals surface area contributed by atoms with Crippen LogP contribution in [0.2, 0.25) is 0 Å². The molecule has 124 valence electrons. The predicted molar refractivity (Wildman–Crippen MR) is 86.5 cm³/mol. The summed E-state index contributed by atoms with van der Waals surface area (Å²) >= 11 is 0. The van der Waals surface area contributed by atoms with Crippen molar-refractivity contribution in [3.8, 4) is 0 Å². The maximum atomic E-state index is 13.6. The quantitative estimate of drug-likeness (QED) is 0.837. The summed E-state index contributed by atoms with van der Waals surface area (Å²) in [5.41, 5.74) is 0.669. The Morgan fingerprint density at radius 1 is 1.08 bits per heavy atom. The first-order valence-corrected chi connectivity index (χ1v) is 6.87. The van der Waals surface area contributed by atoms with Gasteiger partial charge < -0.3 is 10.1 Å². The lowest BCUT2D eigenvalue weighted by molar-refractivity contribution is -0.111. The first kappa shape index (κ1) is 17.1. The van der Waals surface area contributed by atoms with Crippen molar-refractivity contribution in [1.82, 2.24) is 0 Å². The van der Waals surface area contributed by atoms with Gasteiger partial charge in [-0.1, -0.05) is 12.1 Å². The van der Waals surface area contributed by atoms with Crippen LogP contribution in [0.4, 0.5) is 25.0 Å². The van der Waals surface area contributed by atoms with E-state index in [2.05, 4.69) is 15.4 Å². The summed E-state index contributed by atoms with van der Waals surface area (Å²) in [7, 11) is 1.15. The van der Waals surface area contributed by atoms with Gasteiger partial charge in [-0.2, -0.15) is 0 Å². The molecule has 0 unspecified atom stereocenters. The van der Waals surface area contributed by atoms with Crippen molar-refractivity contribution in [1.29, 1.82) is 0 Å². The van der Waals surface area contributed by atoms with Gasteiger partial charge in [-0.15, -0.1) is 0 Å². The lowest BCUT2D eigenvalue weighted by Crippen LogP contribution is -2.13. The Morgan fingerprint density at radius 3 is 2.58 bits per heavy atom. The van der Waals surface area contributed by atoms with Crippen molar-refractivity contribution in [3.05, 3.63) is 65.7 Å². The molecule has 0 aromatic heterocycles. The molecular formula is C17H14F2N2O3. The molecule has 7 heteroatoms. The molecule has 0 saturated heterocycles. The number of anilines is 2. The number of nitrogens with one attached hydrogen (secondary N) is 2. The number of hydrogen-bond acceptors (Lipinski definition) is 3. The van der Waals surface area contributed by atoms with Crippen molar-refractivity contribution in [2.75, 3.05) is 17.7 Å². The third kappa shape index (κ3) is 4.91. The van der Waals surface area contributed by atoms with Crippen LogP contribution in [0.15, 0.2) is 48.5 Å². The molecule has 24 heavy (non-hydrogen) atoms. The zero-order chi connectivity index (χ0) is 17.5. The fourth-order valence-electron chi connectivity index (χ4n) is 1.83. The van der Waals surface area contributed by atoms with Gasteiger partial charge in [-0.25, -0.2) is 13.6 Å². The van der Waals surface area contributed by atoms with Gasteiger partial charge in [0.2, 0.25) is 5.91 Å². The lowest BCUT2D eigenvalue weighted by Gasteiger charge is -2.08. The average molecular weight is 332 g/mol. The van der Waals surface area contributed by atoms with Crippen LogP contribution < -0.4 is 10.6 Å². The second kappa shape index (κ2) is 7.87. The minimum Gasteiger partial charge on any atom is -0.453 e. The van der Waals surface area contributed by atoms with Crippen LogP contribution in [0.5, 0.6) is 0 Å². The van der Waals surface area contributed by atoms with Gasteiger partial charge in [-0.3, -0.25) is 10.1 Å². The van der Waals surface area contributed by atoms with Gasteiger partial charge in [0.15, 0.2) is 0 Å². The van der Waals surface area contributed by atoms with Gasteiger partial charge in [0, 0.05) is 11.8 Å². The lowest BCUT2D eigenvalue weighted by atomic mass is 10.2. The van der Waals surface area contributed by atoms with Crippen molar-refractivity contribution in [3.63, 3.8) is 0 Å². The highest BCUT2D eigenvalue weighted by Crippen LogP contribution is 2.20. The molecule has 2 aromatic carbocycles. The van der Waals surface area contributed by atoms with Gasteiger partial charge in [0.25, 0.3) is 0 Å². The molecule has 2 N–H and O–H groups in total. The number of ether oxygens (including phenoxy) is 1. The summed E-state index contributed by atoms with van der Waals surface area (Å²) in [5.74, 6) is -1.57. The molecule has 0 aliphatic carbocycles. The van der Waals surface area contributed by atoms with E-state index in [0.29, 0.717) is 5.56 Å². The van der Waals surface area contributed by atoms with Gasteiger partial charge in [0.05, 0.1) is 12.8 Å². The molecule has 0 bridgehead atoms. The number of carbonyl (C=O) groups is 2. The van der Waals surface area contributed by atoms with E-state index in [1.807, 2.05) is 0 Å². The number of carbonyl (C=O) groups excluding carboxylic acids is 2. The molecule has 0 spiro atoms. The molecule has 2 rings (SSSR count). The molecule has 2 amide bonds. The number of halogens is 2. The van der Waals surface area contributed by atoms with Crippen LogP contribution >= 0.6 is 0 Å². The van der Waals surface area contributed by atoms with Crippen LogP contribution in [-0.4, -0.2) is 19.1 Å². The largest absolute Gasteiger partial charge is 0.453 e. The first-order chi connectivity index (χ1) is 11.5. The van der Waals surface area contributed by atoms with Crippen LogP contribution in [0.3, 0.4) is 0 Å². The van der Waals surface area contributed by atoms with Crippen LogP contribution in [0.1, 0.15) is 5.56 Å². The maximum Gasteiger partial charge on any atom is 0.411 e. The van der Waals surface area contributed by atoms with E-state index in [9.17, 15) is 18.4 Å². The second-order valence-corrected chi connectivity index (χ2v) is 4.69. The minimum absolute atomic E-state index is 0.131. The Balaban J connectivity index is 2.06. The van der Waals surface area contributed by atoms with Gasteiger partial charge in [-0.05, 0) is 42.0 Å². The number of hydrogen-bond donors (Lipinski definition) is 2. The SMILES string of the molecule is COC(=O)Nc1cc(NC(=O)C=Cc2cccc(F)c2)ccc1F. The summed E-state index contributed by atoms with van der Waals surface area (Å²) in [6, 6.07) is 9.43. The monoisotopic (exact) mass is 332 g/mol. The molecule has 0 fully saturated rings. The highest BCUT2D eigenvalue weighted by atomic mass is 19.1. The molecule has 0 aliphatic rings. The molecule has 0 aliphatic heterocycles. The Kier molecular flexibility index (Phi) is 5.62. The van der Waals surface area contributed by atoms with Crippen LogP contribution in [0, 0.1) is 11.6 Å². The van der Waals surface area contributed by atoms with Gasteiger partial charge >= 0.3 is 6.09 Å². The number of methoxy groups -OCH3 is 1. The minimum atomic E-state index is -0.830. The third-order valence-electron chi connectivity index (χ3n) is 2.93. The Bertz CT molecular complexity index is 791. The van der Waals surface area contributed by atoms with Crippen LogP contribution in [-0.2, 0) is 9.53 Å². The van der Waals surface area contributed by atoms with E-state index in [-0.39, 0.29) is 11.4 Å². The second-order valence-electron chi connectivity index (χ2n) is 4.69. The average Bonchev–Trinajstić information content (AvgIpc) is 2.56. The molecule has 0 atom stereocenters. The van der Waals surface area contributed by atoms with E-state index in [4.69, 9.17) is 0 Å². The van der Waals surface area contributed by atoms with E-state index < -0.39 is 23.6 Å². The van der Waals surface area contributed by atoms with Crippen molar-refractivity contribution >= 4 is 29.5 Å². The Labute approximate surface area is 136 Å². The normalized spacial score (nSPS) is 10.5. The highest BCUT2D eigenvalue weighted by molar-refractivity contribution is 6.02. The molecule has 0 saturated carbocycles. The summed E-state index contributed by atoms with van der Waals surface area (Å²) in [4.78, 5) is 23.0. The van der Waals surface area contributed by atoms with E-state index in [0.717, 1.165) is 13.2 Å². The smallest absolute Gasteiger partial charge is 0.411 e. The molecule has 5 nitrogen and oxygen atoms in total. The fraction of sp³-hybridized carbons (Fsp3) is 0.0588. The first-order valence-electron chi connectivity index (χ1n) is 6.87. The standard InChI is InChI=1S/C17H14F2N2O3/c1-24-17(23)21-15-10-13(6-7-14(15)19)20-16(22)8-5-11-3-2-4-12(18)9-11/h2-10H,1H3,(H,20,22)(H,21,23). The van der Waals surface area contributed by atoms with Crippen molar-refractivity contribution in [2.45, 2.75) is 0 Å². The molecule has 0 heterocycles. The molecule has 2 aromatic rings. The summed E-state index contributed by atoms with van der Waals surface area (Å²) in [5, 5.41) is 4.70. The van der Waals surface area contributed by atoms with Crippen molar-refractivity contribution < 1.29 is 23.1 Å². The molecular weight excluding hydrogens is 318 g/mol. The third-order valence-corrected chi connectivity index (χ3v) is 2.93. The Morgan fingerprint density at radius 2 is 1.88 bits per heavy atom.